The third-order valence-corrected chi connectivity index (χ3v) is 6.93. The molecule has 3 aromatic rings. The number of carbonyl (C=O) groups is 2. The number of aryl methyl sites for hydroxylation is 1. The molecule has 1 saturated heterocycles. The van der Waals surface area contributed by atoms with E-state index in [1.54, 1.807) is 35.7 Å². The summed E-state index contributed by atoms with van der Waals surface area (Å²) in [6.45, 7) is 5.04. The number of nitrogens with one attached hydrogen (secondary N) is 1. The van der Waals surface area contributed by atoms with Crippen LogP contribution < -0.4 is 15.8 Å². The van der Waals surface area contributed by atoms with E-state index in [1.807, 2.05) is 21.6 Å². The van der Waals surface area contributed by atoms with E-state index in [-0.39, 0.29) is 18.0 Å². The highest BCUT2D eigenvalue weighted by atomic mass is 35.5. The van der Waals surface area contributed by atoms with Gasteiger partial charge in [0.05, 0.1) is 11.6 Å². The van der Waals surface area contributed by atoms with Gasteiger partial charge in [-0.15, -0.1) is 0 Å². The number of aliphatic carboxylic acids is 1. The van der Waals surface area contributed by atoms with Crippen LogP contribution in [0.15, 0.2) is 41.3 Å². The van der Waals surface area contributed by atoms with Crippen molar-refractivity contribution in [3.05, 3.63) is 51.9 Å². The molecule has 1 aromatic carbocycles. The number of carboxylic acid groups (broad SMARTS) is 1. The number of halogens is 1. The summed E-state index contributed by atoms with van der Waals surface area (Å²) in [7, 11) is 0. The maximum atomic E-state index is 13.2. The molecule has 9 nitrogen and oxygen atoms in total. The van der Waals surface area contributed by atoms with Gasteiger partial charge in [0, 0.05) is 42.5 Å². The van der Waals surface area contributed by atoms with E-state index >= 15 is 0 Å². The topological polar surface area (TPSA) is 109 Å². The molecule has 2 aromatic heterocycles. The van der Waals surface area contributed by atoms with E-state index in [0.29, 0.717) is 41.8 Å². The van der Waals surface area contributed by atoms with Crippen molar-refractivity contribution in [1.29, 1.82) is 0 Å². The smallest absolute Gasteiger partial charge is 0.308 e. The van der Waals surface area contributed by atoms with Crippen LogP contribution in [0.3, 0.4) is 0 Å². The third-order valence-electron chi connectivity index (χ3n) is 6.67. The summed E-state index contributed by atoms with van der Waals surface area (Å²) in [5.41, 5.74) is 1.31. The van der Waals surface area contributed by atoms with Gasteiger partial charge in [-0.2, -0.15) is 0 Å². The Labute approximate surface area is 214 Å². The lowest BCUT2D eigenvalue weighted by Gasteiger charge is -2.29. The zero-order chi connectivity index (χ0) is 25.8. The molecule has 2 atom stereocenters. The van der Waals surface area contributed by atoms with Crippen LogP contribution >= 0.6 is 11.6 Å². The van der Waals surface area contributed by atoms with Crippen molar-refractivity contribution in [1.82, 2.24) is 19.3 Å². The fourth-order valence-corrected chi connectivity index (χ4v) is 4.71. The first-order valence-corrected chi connectivity index (χ1v) is 12.8. The molecule has 1 unspecified atom stereocenters. The van der Waals surface area contributed by atoms with Crippen LogP contribution in [0.2, 0.25) is 5.02 Å². The van der Waals surface area contributed by atoms with E-state index in [1.165, 1.54) is 0 Å². The minimum atomic E-state index is -0.954. The number of anilines is 1. The molecule has 36 heavy (non-hydrogen) atoms. The van der Waals surface area contributed by atoms with Crippen molar-refractivity contribution in [3.63, 3.8) is 0 Å². The highest BCUT2D eigenvalue weighted by molar-refractivity contribution is 6.30. The summed E-state index contributed by atoms with van der Waals surface area (Å²) in [5, 5.41) is 12.5. The fourth-order valence-electron chi connectivity index (χ4n) is 4.59. The Morgan fingerprint density at radius 2 is 2.00 bits per heavy atom. The average Bonchev–Trinajstić information content (AvgIpc) is 3.52. The van der Waals surface area contributed by atoms with Crippen molar-refractivity contribution in [3.8, 4) is 11.3 Å². The number of aromatic nitrogens is 3. The van der Waals surface area contributed by atoms with E-state index in [0.717, 1.165) is 31.2 Å². The summed E-state index contributed by atoms with van der Waals surface area (Å²) in [5.74, 6) is -0.656. The highest BCUT2D eigenvalue weighted by Gasteiger charge is 2.33. The second-order valence-electron chi connectivity index (χ2n) is 9.34. The first kappa shape index (κ1) is 25.8. The van der Waals surface area contributed by atoms with Crippen molar-refractivity contribution in [2.75, 3.05) is 18.0 Å². The number of carboxylic acids is 1. The Balaban J connectivity index is 1.73. The minimum Gasteiger partial charge on any atom is -0.481 e. The number of unbranched alkanes of at least 4 members (excludes halogenated alkanes) is 2. The van der Waals surface area contributed by atoms with Crippen LogP contribution in [-0.4, -0.2) is 50.1 Å². The quantitative estimate of drug-likeness (QED) is 0.399. The van der Waals surface area contributed by atoms with Crippen LogP contribution in [0.1, 0.15) is 46.0 Å². The van der Waals surface area contributed by atoms with Gasteiger partial charge in [0.15, 0.2) is 0 Å². The number of nitrogens with zero attached hydrogens (tertiary/aromatic N) is 4. The number of hydrogen-bond acceptors (Lipinski definition) is 5. The molecule has 10 heteroatoms. The Hall–Kier alpha value is -3.33. The molecule has 192 valence electrons. The van der Waals surface area contributed by atoms with Crippen molar-refractivity contribution in [2.45, 2.75) is 58.5 Å². The average molecular weight is 514 g/mol. The molecule has 0 bridgehead atoms. The van der Waals surface area contributed by atoms with Crippen LogP contribution in [0, 0.1) is 5.92 Å². The Kier molecular flexibility index (Phi) is 7.98. The van der Waals surface area contributed by atoms with Crippen LogP contribution in [0.5, 0.6) is 0 Å². The maximum absolute atomic E-state index is 13.2. The summed E-state index contributed by atoms with van der Waals surface area (Å²) in [6, 6.07) is 8.43. The van der Waals surface area contributed by atoms with Gasteiger partial charge in [-0.1, -0.05) is 50.4 Å². The normalized spacial score (nSPS) is 16.4. The SMILES string of the molecule is CCCCCn1c(N2CCC[C@H]2C(=O)NCC(C)C(=O)O)cc(=O)n2cc(-c3ccc(Cl)cc3)nc12. The molecular weight excluding hydrogens is 482 g/mol. The minimum absolute atomic E-state index is 0.0611. The molecule has 1 fully saturated rings. The monoisotopic (exact) mass is 513 g/mol. The Morgan fingerprint density at radius 1 is 1.25 bits per heavy atom. The van der Waals surface area contributed by atoms with Crippen molar-refractivity contribution >= 4 is 35.1 Å². The molecule has 0 saturated carbocycles. The lowest BCUT2D eigenvalue weighted by molar-refractivity contribution is -0.141. The zero-order valence-corrected chi connectivity index (χ0v) is 21.4. The molecule has 2 N–H and O–H groups in total. The molecule has 0 spiro atoms. The fraction of sp³-hybridized carbons (Fsp3) is 0.462. The van der Waals surface area contributed by atoms with Gasteiger partial charge < -0.3 is 15.3 Å². The largest absolute Gasteiger partial charge is 0.481 e. The molecule has 1 aliphatic heterocycles. The van der Waals surface area contributed by atoms with Gasteiger partial charge >= 0.3 is 5.97 Å². The second-order valence-corrected chi connectivity index (χ2v) is 9.77. The predicted octanol–water partition coefficient (Wildman–Crippen LogP) is 3.81. The number of imidazole rings is 1. The van der Waals surface area contributed by atoms with E-state index < -0.39 is 17.9 Å². The molecule has 0 radical (unpaired) electrons. The van der Waals surface area contributed by atoms with Gasteiger partial charge in [-0.05, 0) is 31.4 Å². The molecule has 4 rings (SSSR count). The summed E-state index contributed by atoms with van der Waals surface area (Å²) < 4.78 is 3.58. The summed E-state index contributed by atoms with van der Waals surface area (Å²) in [4.78, 5) is 44.2. The highest BCUT2D eigenvalue weighted by Crippen LogP contribution is 2.28. The first-order chi connectivity index (χ1) is 17.3. The van der Waals surface area contributed by atoms with E-state index in [2.05, 4.69) is 12.2 Å². The van der Waals surface area contributed by atoms with Crippen molar-refractivity contribution in [2.24, 2.45) is 5.92 Å². The molecule has 0 aliphatic carbocycles. The Bertz CT molecular complexity index is 1300. The van der Waals surface area contributed by atoms with Crippen molar-refractivity contribution < 1.29 is 14.7 Å². The second kappa shape index (κ2) is 11.2. The molecule has 3 heterocycles. The molecular formula is C26H32ClN5O4. The number of fused-ring (bicyclic) bond motifs is 1. The number of hydrogen-bond donors (Lipinski definition) is 2. The van der Waals surface area contributed by atoms with Crippen LogP contribution in [0.25, 0.3) is 17.0 Å². The van der Waals surface area contributed by atoms with E-state index in [4.69, 9.17) is 21.7 Å². The zero-order valence-electron chi connectivity index (χ0n) is 20.6. The lowest BCUT2D eigenvalue weighted by atomic mass is 10.1. The Morgan fingerprint density at radius 3 is 2.69 bits per heavy atom. The van der Waals surface area contributed by atoms with Gasteiger partial charge in [0.2, 0.25) is 11.7 Å². The standard InChI is InChI=1S/C26H32ClN5O4/c1-3-4-5-12-31-22(30-13-6-7-21(30)24(34)28-15-17(2)25(35)36)14-23(33)32-16-20(29-26(31)32)18-8-10-19(27)11-9-18/h8-11,14,16-17,21H,3-7,12-13,15H2,1-2H3,(H,28,34)(H,35,36)/t17?,21-/m0/s1. The number of amides is 1. The molecule has 1 aliphatic rings. The lowest BCUT2D eigenvalue weighted by Crippen LogP contribution is -2.46. The predicted molar refractivity (Wildman–Crippen MR) is 140 cm³/mol. The van der Waals surface area contributed by atoms with Gasteiger partial charge in [0.1, 0.15) is 11.9 Å². The van der Waals surface area contributed by atoms with Gasteiger partial charge in [-0.25, -0.2) is 4.98 Å². The van der Waals surface area contributed by atoms with Gasteiger partial charge in [-0.3, -0.25) is 23.4 Å². The van der Waals surface area contributed by atoms with E-state index in [9.17, 15) is 14.4 Å². The van der Waals surface area contributed by atoms with Crippen LogP contribution in [-0.2, 0) is 16.1 Å². The summed E-state index contributed by atoms with van der Waals surface area (Å²) >= 11 is 6.04. The number of carbonyl (C=O) groups excluding carboxylic acids is 1. The first-order valence-electron chi connectivity index (χ1n) is 12.5. The number of benzene rings is 1. The third kappa shape index (κ3) is 5.41. The summed E-state index contributed by atoms with van der Waals surface area (Å²) in [6.07, 6.45) is 6.15. The molecule has 1 amide bonds. The maximum Gasteiger partial charge on any atom is 0.308 e. The van der Waals surface area contributed by atoms with Crippen LogP contribution in [0.4, 0.5) is 5.82 Å². The van der Waals surface area contributed by atoms with Gasteiger partial charge in [0.25, 0.3) is 5.56 Å². The number of rotatable bonds is 10.